The number of amides is 1. The van der Waals surface area contributed by atoms with Gasteiger partial charge >= 0.3 is 0 Å². The molecule has 0 saturated heterocycles. The maximum Gasteiger partial charge on any atom is 0.291 e. The lowest BCUT2D eigenvalue weighted by atomic mass is 10.2. The highest BCUT2D eigenvalue weighted by Gasteiger charge is 2.10. The fourth-order valence-corrected chi connectivity index (χ4v) is 1.51. The van der Waals surface area contributed by atoms with Crippen LogP contribution in [-0.4, -0.2) is 31.9 Å². The molecule has 2 rings (SSSR count). The lowest BCUT2D eigenvalue weighted by Crippen LogP contribution is -2.18. The minimum atomic E-state index is -0.594. The molecular formula is C12H11N5O4. The van der Waals surface area contributed by atoms with Gasteiger partial charge in [-0.2, -0.15) is 10.2 Å². The second-order valence-corrected chi connectivity index (χ2v) is 4.07. The van der Waals surface area contributed by atoms with Crippen LogP contribution in [0.4, 0.5) is 5.69 Å². The van der Waals surface area contributed by atoms with Gasteiger partial charge in [-0.15, -0.1) is 0 Å². The normalized spacial score (nSPS) is 10.7. The van der Waals surface area contributed by atoms with Gasteiger partial charge in [0.15, 0.2) is 5.69 Å². The molecule has 1 aromatic heterocycles. The summed E-state index contributed by atoms with van der Waals surface area (Å²) in [7, 11) is 1.67. The highest BCUT2D eigenvalue weighted by Crippen LogP contribution is 2.21. The number of aromatic nitrogens is 2. The van der Waals surface area contributed by atoms with Crippen molar-refractivity contribution in [2.24, 2.45) is 12.1 Å². The first-order chi connectivity index (χ1) is 9.97. The smallest absolute Gasteiger partial charge is 0.291 e. The second-order valence-electron chi connectivity index (χ2n) is 4.07. The SMILES string of the molecule is Cn1ccc(C(=O)N/N=C\c2cc([N+](=O)[O-])ccc2O)n1. The van der Waals surface area contributed by atoms with E-state index in [2.05, 4.69) is 15.6 Å². The number of phenolic OH excluding ortho intramolecular Hbond substituents is 1. The number of nitro benzene ring substituents is 1. The first kappa shape index (κ1) is 14.2. The zero-order valence-corrected chi connectivity index (χ0v) is 10.9. The van der Waals surface area contributed by atoms with Crippen LogP contribution in [0.3, 0.4) is 0 Å². The van der Waals surface area contributed by atoms with Crippen molar-refractivity contribution < 1.29 is 14.8 Å². The molecule has 1 heterocycles. The van der Waals surface area contributed by atoms with E-state index >= 15 is 0 Å². The van der Waals surface area contributed by atoms with E-state index in [1.165, 1.54) is 22.9 Å². The van der Waals surface area contributed by atoms with Crippen molar-refractivity contribution in [1.29, 1.82) is 0 Å². The lowest BCUT2D eigenvalue weighted by molar-refractivity contribution is -0.384. The van der Waals surface area contributed by atoms with Gasteiger partial charge in [0.25, 0.3) is 11.6 Å². The van der Waals surface area contributed by atoms with Crippen LogP contribution in [-0.2, 0) is 7.05 Å². The van der Waals surface area contributed by atoms with Gasteiger partial charge in [-0.3, -0.25) is 19.6 Å². The number of nitrogens with zero attached hydrogens (tertiary/aromatic N) is 4. The van der Waals surface area contributed by atoms with Crippen molar-refractivity contribution in [2.75, 3.05) is 0 Å². The Hall–Kier alpha value is -3.23. The minimum absolute atomic E-state index is 0.116. The van der Waals surface area contributed by atoms with Crippen molar-refractivity contribution in [3.63, 3.8) is 0 Å². The molecule has 0 bridgehead atoms. The van der Waals surface area contributed by atoms with E-state index in [1.807, 2.05) is 0 Å². The molecule has 0 aliphatic rings. The van der Waals surface area contributed by atoms with Gasteiger partial charge in [-0.25, -0.2) is 5.43 Å². The van der Waals surface area contributed by atoms with E-state index in [0.29, 0.717) is 0 Å². The van der Waals surface area contributed by atoms with Crippen LogP contribution in [0.2, 0.25) is 0 Å². The molecule has 0 radical (unpaired) electrons. The second kappa shape index (κ2) is 5.82. The van der Waals surface area contributed by atoms with Crippen molar-refractivity contribution in [2.45, 2.75) is 0 Å². The Bertz CT molecular complexity index is 722. The van der Waals surface area contributed by atoms with Crippen molar-refractivity contribution in [1.82, 2.24) is 15.2 Å². The number of hydrogen-bond donors (Lipinski definition) is 2. The van der Waals surface area contributed by atoms with Gasteiger partial charge in [-0.1, -0.05) is 0 Å². The van der Waals surface area contributed by atoms with Gasteiger partial charge in [0.05, 0.1) is 11.1 Å². The van der Waals surface area contributed by atoms with E-state index in [1.54, 1.807) is 13.2 Å². The van der Waals surface area contributed by atoms with Gasteiger partial charge in [0.2, 0.25) is 0 Å². The van der Waals surface area contributed by atoms with Gasteiger partial charge in [0, 0.05) is 30.9 Å². The third kappa shape index (κ3) is 3.41. The minimum Gasteiger partial charge on any atom is -0.507 e. The number of non-ortho nitro benzene ring substituents is 1. The van der Waals surface area contributed by atoms with Gasteiger partial charge in [-0.05, 0) is 12.1 Å². The Kier molecular flexibility index (Phi) is 3.93. The summed E-state index contributed by atoms with van der Waals surface area (Å²) in [6, 6.07) is 5.00. The number of nitro groups is 1. The third-order valence-electron chi connectivity index (χ3n) is 2.54. The average Bonchev–Trinajstić information content (AvgIpc) is 2.87. The first-order valence-corrected chi connectivity index (χ1v) is 5.78. The van der Waals surface area contributed by atoms with Crippen LogP contribution < -0.4 is 5.43 Å². The largest absolute Gasteiger partial charge is 0.507 e. The van der Waals surface area contributed by atoms with Gasteiger partial charge in [0.1, 0.15) is 5.75 Å². The standard InChI is InChI=1S/C12H11N5O4/c1-16-5-4-10(15-16)12(19)14-13-7-8-6-9(17(20)21)2-3-11(8)18/h2-7,18H,1H3,(H,14,19)/b13-7-. The van der Waals surface area contributed by atoms with Crippen LogP contribution in [0.5, 0.6) is 5.75 Å². The quantitative estimate of drug-likeness (QED) is 0.489. The maximum atomic E-state index is 11.6. The summed E-state index contributed by atoms with van der Waals surface area (Å²) in [6.07, 6.45) is 2.72. The lowest BCUT2D eigenvalue weighted by Gasteiger charge is -1.99. The van der Waals surface area contributed by atoms with Crippen LogP contribution in [0.25, 0.3) is 0 Å². The molecule has 1 aromatic carbocycles. The fourth-order valence-electron chi connectivity index (χ4n) is 1.51. The molecule has 0 saturated carbocycles. The number of carbonyl (C=O) groups is 1. The molecule has 9 nitrogen and oxygen atoms in total. The number of benzene rings is 1. The molecule has 1 amide bonds. The Morgan fingerprint density at radius 3 is 2.90 bits per heavy atom. The maximum absolute atomic E-state index is 11.6. The summed E-state index contributed by atoms with van der Waals surface area (Å²) >= 11 is 0. The predicted molar refractivity (Wildman–Crippen MR) is 73.0 cm³/mol. The number of phenols is 1. The first-order valence-electron chi connectivity index (χ1n) is 5.78. The molecule has 0 fully saturated rings. The summed E-state index contributed by atoms with van der Waals surface area (Å²) in [5.41, 5.74) is 2.32. The summed E-state index contributed by atoms with van der Waals surface area (Å²) in [5.74, 6) is -0.715. The highest BCUT2D eigenvalue weighted by molar-refractivity contribution is 5.93. The summed E-state index contributed by atoms with van der Waals surface area (Å²) in [6.45, 7) is 0. The Morgan fingerprint density at radius 2 is 2.29 bits per heavy atom. The average molecular weight is 289 g/mol. The van der Waals surface area contributed by atoms with Crippen molar-refractivity contribution in [3.05, 3.63) is 51.8 Å². The van der Waals surface area contributed by atoms with E-state index in [-0.39, 0.29) is 22.7 Å². The Morgan fingerprint density at radius 1 is 1.52 bits per heavy atom. The molecule has 0 aliphatic heterocycles. The number of nitrogens with one attached hydrogen (secondary N) is 1. The topological polar surface area (TPSA) is 123 Å². The molecule has 0 atom stereocenters. The molecule has 9 heteroatoms. The zero-order chi connectivity index (χ0) is 15.4. The number of rotatable bonds is 4. The fraction of sp³-hybridized carbons (Fsp3) is 0.0833. The molecule has 2 N–H and O–H groups in total. The van der Waals surface area contributed by atoms with Crippen molar-refractivity contribution >= 4 is 17.8 Å². The predicted octanol–water partition coefficient (Wildman–Crippen LogP) is 0.798. The molecule has 2 aromatic rings. The number of aromatic hydroxyl groups is 1. The monoisotopic (exact) mass is 289 g/mol. The van der Waals surface area contributed by atoms with Gasteiger partial charge < -0.3 is 5.11 Å². The Labute approximate surface area is 118 Å². The van der Waals surface area contributed by atoms with Crippen LogP contribution in [0, 0.1) is 10.1 Å². The number of hydrogen-bond acceptors (Lipinski definition) is 6. The number of carbonyl (C=O) groups excluding carboxylic acids is 1. The zero-order valence-electron chi connectivity index (χ0n) is 10.9. The summed E-state index contributed by atoms with van der Waals surface area (Å²) in [4.78, 5) is 21.7. The van der Waals surface area contributed by atoms with Crippen LogP contribution in [0.15, 0.2) is 35.6 Å². The third-order valence-corrected chi connectivity index (χ3v) is 2.54. The van der Waals surface area contributed by atoms with E-state index < -0.39 is 10.8 Å². The van der Waals surface area contributed by atoms with Crippen LogP contribution in [0.1, 0.15) is 16.1 Å². The molecule has 0 spiro atoms. The highest BCUT2D eigenvalue weighted by atomic mass is 16.6. The van der Waals surface area contributed by atoms with E-state index in [4.69, 9.17) is 0 Å². The van der Waals surface area contributed by atoms with Crippen LogP contribution >= 0.6 is 0 Å². The van der Waals surface area contributed by atoms with Crippen molar-refractivity contribution in [3.8, 4) is 5.75 Å². The van der Waals surface area contributed by atoms with E-state index in [9.17, 15) is 20.0 Å². The molecular weight excluding hydrogens is 278 g/mol. The Balaban J connectivity index is 2.09. The number of aryl methyl sites for hydroxylation is 1. The number of hydrazone groups is 1. The molecule has 0 aliphatic carbocycles. The summed E-state index contributed by atoms with van der Waals surface area (Å²) in [5, 5.41) is 27.7. The summed E-state index contributed by atoms with van der Waals surface area (Å²) < 4.78 is 1.46. The molecule has 21 heavy (non-hydrogen) atoms. The molecule has 0 unspecified atom stereocenters. The molecule has 108 valence electrons. The van der Waals surface area contributed by atoms with E-state index in [0.717, 1.165) is 12.3 Å².